The van der Waals surface area contributed by atoms with Crippen molar-refractivity contribution in [2.45, 2.75) is 19.9 Å². The van der Waals surface area contributed by atoms with E-state index in [4.69, 9.17) is 19.7 Å². The summed E-state index contributed by atoms with van der Waals surface area (Å²) in [6, 6.07) is 11.3. The first kappa shape index (κ1) is 19.5. The van der Waals surface area contributed by atoms with Gasteiger partial charge in [0, 0.05) is 24.5 Å². The molecule has 8 nitrogen and oxygen atoms in total. The van der Waals surface area contributed by atoms with Crippen molar-refractivity contribution >= 4 is 23.7 Å². The summed E-state index contributed by atoms with van der Waals surface area (Å²) in [5.74, 6) is 2.04. The van der Waals surface area contributed by atoms with Crippen molar-refractivity contribution < 1.29 is 19.1 Å². The van der Waals surface area contributed by atoms with Crippen molar-refractivity contribution in [1.82, 2.24) is 9.63 Å². The largest absolute Gasteiger partial charge is 0.497 e. The van der Waals surface area contributed by atoms with Crippen LogP contribution >= 0.6 is 0 Å². The Balaban J connectivity index is 1.38. The van der Waals surface area contributed by atoms with E-state index in [0.717, 1.165) is 23.6 Å². The van der Waals surface area contributed by atoms with Gasteiger partial charge in [-0.25, -0.2) is 0 Å². The zero-order valence-electron chi connectivity index (χ0n) is 16.8. The number of benzene rings is 1. The molecule has 1 N–H and O–H groups in total. The van der Waals surface area contributed by atoms with Crippen LogP contribution in [0.1, 0.15) is 19.0 Å². The second-order valence-corrected chi connectivity index (χ2v) is 6.83. The van der Waals surface area contributed by atoms with Gasteiger partial charge in [-0.05, 0) is 55.8 Å². The lowest BCUT2D eigenvalue weighted by Gasteiger charge is -2.23. The number of hydroxylamine groups is 2. The van der Waals surface area contributed by atoms with E-state index in [1.165, 1.54) is 5.06 Å². The number of hydrogen-bond acceptors (Lipinski definition) is 5. The van der Waals surface area contributed by atoms with Gasteiger partial charge in [0.05, 0.1) is 19.3 Å². The number of carbonyl (C=O) groups excluding carboxylic acids is 1. The van der Waals surface area contributed by atoms with Crippen LogP contribution in [0.25, 0.3) is 6.08 Å². The van der Waals surface area contributed by atoms with Crippen molar-refractivity contribution in [3.8, 4) is 11.5 Å². The van der Waals surface area contributed by atoms with Crippen LogP contribution < -0.4 is 9.47 Å². The Labute approximate surface area is 174 Å². The molecular weight excluding hydrogens is 384 g/mol. The summed E-state index contributed by atoms with van der Waals surface area (Å²) >= 11 is 0. The number of hydrogen-bond donors (Lipinski definition) is 1. The topological polar surface area (TPSA) is 89.1 Å². The van der Waals surface area contributed by atoms with Crippen molar-refractivity contribution in [3.05, 3.63) is 65.7 Å². The summed E-state index contributed by atoms with van der Waals surface area (Å²) in [5.41, 5.74) is 1.01. The number of methoxy groups -OCH3 is 1. The Kier molecular flexibility index (Phi) is 5.38. The minimum absolute atomic E-state index is 0.0197. The van der Waals surface area contributed by atoms with E-state index in [2.05, 4.69) is 4.99 Å². The number of nitrogens with one attached hydrogen (secondary N) is 1. The van der Waals surface area contributed by atoms with Crippen molar-refractivity contribution in [1.29, 1.82) is 5.41 Å². The van der Waals surface area contributed by atoms with Gasteiger partial charge in [0.2, 0.25) is 0 Å². The van der Waals surface area contributed by atoms with Crippen molar-refractivity contribution in [2.24, 2.45) is 4.99 Å². The van der Waals surface area contributed by atoms with Crippen LogP contribution in [0.5, 0.6) is 11.5 Å². The first-order chi connectivity index (χ1) is 14.5. The van der Waals surface area contributed by atoms with E-state index in [1.54, 1.807) is 26.2 Å². The smallest absolute Gasteiger partial charge is 0.283 e. The Morgan fingerprint density at radius 2 is 1.97 bits per heavy atom. The van der Waals surface area contributed by atoms with Gasteiger partial charge >= 0.3 is 0 Å². The summed E-state index contributed by atoms with van der Waals surface area (Å²) in [6.07, 6.45) is 6.02. The molecule has 8 heteroatoms. The monoisotopic (exact) mass is 406 g/mol. The molecule has 154 valence electrons. The molecule has 0 radical (unpaired) electrons. The van der Waals surface area contributed by atoms with Gasteiger partial charge in [-0.15, -0.1) is 5.06 Å². The molecule has 2 aliphatic heterocycles. The van der Waals surface area contributed by atoms with Gasteiger partial charge in [-0.2, -0.15) is 4.99 Å². The van der Waals surface area contributed by atoms with Crippen LogP contribution in [0, 0.1) is 5.41 Å². The van der Waals surface area contributed by atoms with Gasteiger partial charge in [0.25, 0.3) is 5.91 Å². The Bertz CT molecular complexity index is 1060. The van der Waals surface area contributed by atoms with Gasteiger partial charge in [-0.1, -0.05) is 0 Å². The minimum Gasteiger partial charge on any atom is -0.497 e. The molecule has 4 rings (SSSR count). The zero-order valence-corrected chi connectivity index (χ0v) is 16.8. The number of aryl methyl sites for hydroxylation is 1. The second kappa shape index (κ2) is 8.28. The van der Waals surface area contributed by atoms with E-state index in [1.807, 2.05) is 47.2 Å². The lowest BCUT2D eigenvalue weighted by Crippen LogP contribution is -2.38. The number of aromatic nitrogens is 1. The number of allylic oxidation sites excluding steroid dienone is 1. The van der Waals surface area contributed by atoms with E-state index >= 15 is 0 Å². The lowest BCUT2D eigenvalue weighted by molar-refractivity contribution is -0.114. The molecule has 0 fully saturated rings. The summed E-state index contributed by atoms with van der Waals surface area (Å²) in [7, 11) is 1.63. The second-order valence-electron chi connectivity index (χ2n) is 6.83. The molecule has 1 aromatic carbocycles. The third kappa shape index (κ3) is 3.98. The molecule has 0 aliphatic carbocycles. The van der Waals surface area contributed by atoms with E-state index in [0.29, 0.717) is 24.7 Å². The number of ether oxygens (including phenoxy) is 2. The maximum atomic E-state index is 12.4. The van der Waals surface area contributed by atoms with Crippen LogP contribution in [0.4, 0.5) is 0 Å². The van der Waals surface area contributed by atoms with Crippen molar-refractivity contribution in [3.63, 3.8) is 0 Å². The highest BCUT2D eigenvalue weighted by Gasteiger charge is 2.34. The molecule has 30 heavy (non-hydrogen) atoms. The minimum atomic E-state index is -0.448. The van der Waals surface area contributed by atoms with Crippen molar-refractivity contribution in [2.75, 3.05) is 13.7 Å². The average Bonchev–Trinajstić information content (AvgIpc) is 3.34. The molecule has 3 heterocycles. The maximum Gasteiger partial charge on any atom is 0.283 e. The number of aliphatic imine (C=N–C) groups is 1. The van der Waals surface area contributed by atoms with Gasteiger partial charge in [-0.3, -0.25) is 10.2 Å². The highest BCUT2D eigenvalue weighted by molar-refractivity contribution is 6.32. The number of rotatable bonds is 7. The molecule has 2 aliphatic rings. The first-order valence-corrected chi connectivity index (χ1v) is 9.57. The maximum absolute atomic E-state index is 12.4. The standard InChI is InChI=1S/C22H22N4O4/c1-15-13-20-24-22(27)19(21(23)26(20)30-15)14-16-5-3-10-25(16)11-4-12-29-18-8-6-17(28-2)7-9-18/h3,5-10,13-14,23H,4,11-12H2,1-2H3/b19-14+,23-21?. The fourth-order valence-corrected chi connectivity index (χ4v) is 3.21. The molecule has 2 aromatic rings. The molecule has 1 aromatic heterocycles. The molecule has 0 unspecified atom stereocenters. The first-order valence-electron chi connectivity index (χ1n) is 9.57. The zero-order chi connectivity index (χ0) is 21.1. The molecule has 0 saturated heterocycles. The highest BCUT2D eigenvalue weighted by Crippen LogP contribution is 2.24. The molecule has 0 atom stereocenters. The summed E-state index contributed by atoms with van der Waals surface area (Å²) in [4.78, 5) is 21.9. The van der Waals surface area contributed by atoms with E-state index in [-0.39, 0.29) is 11.4 Å². The van der Waals surface area contributed by atoms with Crippen LogP contribution in [0.15, 0.2) is 65.0 Å². The van der Waals surface area contributed by atoms with Gasteiger partial charge < -0.3 is 18.9 Å². The fourth-order valence-electron chi connectivity index (χ4n) is 3.21. The molecule has 0 spiro atoms. The Hall–Kier alpha value is -3.81. The summed E-state index contributed by atoms with van der Waals surface area (Å²) in [5, 5.41) is 9.58. The predicted octanol–water partition coefficient (Wildman–Crippen LogP) is 3.42. The number of nitrogens with zero attached hydrogens (tertiary/aromatic N) is 3. The Morgan fingerprint density at radius 1 is 1.20 bits per heavy atom. The van der Waals surface area contributed by atoms with Crippen LogP contribution in [0.2, 0.25) is 0 Å². The van der Waals surface area contributed by atoms with E-state index in [9.17, 15) is 4.79 Å². The molecule has 0 bridgehead atoms. The van der Waals surface area contributed by atoms with Gasteiger partial charge in [0.1, 0.15) is 17.3 Å². The average molecular weight is 406 g/mol. The summed E-state index contributed by atoms with van der Waals surface area (Å²) in [6.45, 7) is 3.01. The van der Waals surface area contributed by atoms with Crippen LogP contribution in [-0.4, -0.2) is 40.9 Å². The van der Waals surface area contributed by atoms with Gasteiger partial charge in [0.15, 0.2) is 11.7 Å². The number of amides is 1. The number of fused-ring (bicyclic) bond motifs is 1. The quantitative estimate of drug-likeness (QED) is 0.562. The van der Waals surface area contributed by atoms with Crippen LogP contribution in [-0.2, 0) is 16.2 Å². The van der Waals surface area contributed by atoms with E-state index < -0.39 is 5.91 Å². The third-order valence-electron chi connectivity index (χ3n) is 4.71. The molecule has 0 saturated carbocycles. The number of carbonyl (C=O) groups is 1. The number of amidine groups is 2. The fraction of sp³-hybridized carbons (Fsp3) is 0.227. The molecular formula is C22H22N4O4. The Morgan fingerprint density at radius 3 is 2.73 bits per heavy atom. The molecule has 1 amide bonds. The third-order valence-corrected chi connectivity index (χ3v) is 4.71. The predicted molar refractivity (Wildman–Crippen MR) is 112 cm³/mol. The highest BCUT2D eigenvalue weighted by atomic mass is 16.7. The SMILES string of the molecule is COc1ccc(OCCCn2cccc2/C=C2\C(=N)N3OC(C)=CC3=NC2=O)cc1. The summed E-state index contributed by atoms with van der Waals surface area (Å²) < 4.78 is 12.9. The lowest BCUT2D eigenvalue weighted by atomic mass is 10.1. The van der Waals surface area contributed by atoms with Crippen LogP contribution in [0.3, 0.4) is 0 Å². The normalized spacial score (nSPS) is 16.9.